The van der Waals surface area contributed by atoms with Crippen LogP contribution in [0.3, 0.4) is 0 Å². The summed E-state index contributed by atoms with van der Waals surface area (Å²) in [6.45, 7) is 0. The van der Waals surface area contributed by atoms with Crippen LogP contribution in [-0.2, 0) is 0 Å². The van der Waals surface area contributed by atoms with Crippen LogP contribution in [0.4, 0.5) is 0 Å². The summed E-state index contributed by atoms with van der Waals surface area (Å²) in [6, 6.07) is 90.1. The van der Waals surface area contributed by atoms with Crippen LogP contribution in [0.2, 0.25) is 0 Å². The molecule has 0 aliphatic carbocycles. The fourth-order valence-electron chi connectivity index (χ4n) is 10.6. The van der Waals surface area contributed by atoms with Gasteiger partial charge in [-0.05, 0) is 0 Å². The molecule has 0 fully saturated rings. The van der Waals surface area contributed by atoms with E-state index >= 15 is 0 Å². The summed E-state index contributed by atoms with van der Waals surface area (Å²) in [5, 5.41) is 12.9. The fraction of sp³-hybridized carbons (Fsp3) is 0. The minimum Gasteiger partial charge on any atom is -0.0617 e. The van der Waals surface area contributed by atoms with E-state index in [0.29, 0.717) is 0 Å². The molecule has 13 rings (SSSR count). The van der Waals surface area contributed by atoms with Crippen LogP contribution in [0.5, 0.6) is 0 Å². The van der Waals surface area contributed by atoms with E-state index in [-0.39, 0.29) is 14.5 Å². The summed E-state index contributed by atoms with van der Waals surface area (Å²) < 4.78 is 2.89. The molecule has 0 saturated heterocycles. The van der Waals surface area contributed by atoms with E-state index in [1.54, 1.807) is 0 Å². The first-order valence-corrected chi connectivity index (χ1v) is 24.1. The van der Waals surface area contributed by atoms with Crippen LogP contribution in [0, 0.1) is 0 Å². The van der Waals surface area contributed by atoms with Crippen molar-refractivity contribution in [1.29, 1.82) is 0 Å². The van der Waals surface area contributed by atoms with Crippen molar-refractivity contribution in [2.75, 3.05) is 0 Å². The Labute approximate surface area is 384 Å². The Morgan fingerprint density at radius 2 is 0.492 bits per heavy atom. The van der Waals surface area contributed by atoms with Gasteiger partial charge in [-0.25, -0.2) is 0 Å². The molecule has 1 heterocycles. The molecule has 0 atom stereocenters. The van der Waals surface area contributed by atoms with Gasteiger partial charge >= 0.3 is 338 Å². The topological polar surface area (TPSA) is 0 Å². The Balaban J connectivity index is 0.966. The van der Waals surface area contributed by atoms with E-state index in [4.69, 9.17) is 0 Å². The normalized spacial score (nSPS) is 11.7. The summed E-state index contributed by atoms with van der Waals surface area (Å²) in [4.78, 5) is 0. The van der Waals surface area contributed by atoms with Gasteiger partial charge in [0.25, 0.3) is 0 Å². The molecule has 0 unspecified atom stereocenters. The molecule has 0 saturated carbocycles. The quantitative estimate of drug-likeness (QED) is 0.115. The van der Waals surface area contributed by atoms with Gasteiger partial charge in [-0.15, -0.1) is 0 Å². The molecule has 65 heavy (non-hydrogen) atoms. The molecule has 0 amide bonds. The molecular weight excluding hydrogens is 848 g/mol. The zero-order valence-corrected chi connectivity index (χ0v) is 37.2. The van der Waals surface area contributed by atoms with Crippen LogP contribution in [-0.4, -0.2) is 14.5 Å². The summed E-state index contributed by atoms with van der Waals surface area (Å²) in [5.74, 6) is 0. The van der Waals surface area contributed by atoms with Crippen LogP contribution in [0.1, 0.15) is 0 Å². The van der Waals surface area contributed by atoms with Gasteiger partial charge in [0.15, 0.2) is 0 Å². The molecule has 0 spiro atoms. The third-order valence-corrected chi connectivity index (χ3v) is 15.8. The van der Waals surface area contributed by atoms with E-state index in [1.807, 2.05) is 0 Å². The second kappa shape index (κ2) is 15.5. The first-order valence-electron chi connectivity index (χ1n) is 22.4. The van der Waals surface area contributed by atoms with Crippen molar-refractivity contribution < 1.29 is 0 Å². The zero-order chi connectivity index (χ0) is 42.8. The first-order chi connectivity index (χ1) is 32.2. The third-order valence-electron chi connectivity index (χ3n) is 13.4. The molecule has 12 aromatic carbocycles. The summed E-state index contributed by atoms with van der Waals surface area (Å²) in [5.41, 5.74) is 15.1. The van der Waals surface area contributed by atoms with E-state index in [9.17, 15) is 0 Å². The minimum atomic E-state index is 0.181. The summed E-state index contributed by atoms with van der Waals surface area (Å²) >= 11 is 0.181. The Morgan fingerprint density at radius 1 is 0.169 bits per heavy atom. The second-order valence-electron chi connectivity index (χ2n) is 17.1. The predicted octanol–water partition coefficient (Wildman–Crippen LogP) is 17.7. The number of rotatable bonds is 6. The van der Waals surface area contributed by atoms with Crippen LogP contribution < -0.4 is 0 Å². The van der Waals surface area contributed by atoms with Gasteiger partial charge in [0, 0.05) is 0 Å². The maximum absolute atomic E-state index is 2.50. The van der Waals surface area contributed by atoms with E-state index in [1.165, 1.54) is 129 Å². The number of benzene rings is 12. The van der Waals surface area contributed by atoms with Crippen molar-refractivity contribution in [3.05, 3.63) is 243 Å². The average molecular weight is 888 g/mol. The van der Waals surface area contributed by atoms with Crippen molar-refractivity contribution >= 4 is 76.9 Å². The van der Waals surface area contributed by atoms with Crippen molar-refractivity contribution in [3.63, 3.8) is 0 Å². The van der Waals surface area contributed by atoms with Gasteiger partial charge in [0.2, 0.25) is 0 Å². The van der Waals surface area contributed by atoms with Gasteiger partial charge in [0.05, 0.1) is 0 Å². The molecule has 302 valence electrons. The van der Waals surface area contributed by atoms with E-state index in [0.717, 1.165) is 0 Å². The van der Waals surface area contributed by atoms with Crippen molar-refractivity contribution in [3.8, 4) is 66.8 Å². The molecule has 13 aromatic rings. The van der Waals surface area contributed by atoms with Crippen LogP contribution in [0.15, 0.2) is 243 Å². The molecule has 0 radical (unpaired) electrons. The van der Waals surface area contributed by atoms with Crippen molar-refractivity contribution in [2.24, 2.45) is 0 Å². The van der Waals surface area contributed by atoms with E-state index in [2.05, 4.69) is 243 Å². The van der Waals surface area contributed by atoms with Gasteiger partial charge in [-0.2, -0.15) is 0 Å². The monoisotopic (exact) mass is 888 g/mol. The third kappa shape index (κ3) is 6.28. The van der Waals surface area contributed by atoms with Gasteiger partial charge < -0.3 is 0 Å². The Kier molecular flexibility index (Phi) is 8.98. The molecule has 0 aliphatic heterocycles. The molecule has 0 nitrogen and oxygen atoms in total. The van der Waals surface area contributed by atoms with Crippen molar-refractivity contribution in [2.45, 2.75) is 0 Å². The zero-order valence-electron chi connectivity index (χ0n) is 35.5. The molecule has 0 N–H and O–H groups in total. The predicted molar refractivity (Wildman–Crippen MR) is 281 cm³/mol. The molecular formula is C64H40Se. The Morgan fingerprint density at radius 3 is 0.908 bits per heavy atom. The number of fused-ring (bicyclic) bond motifs is 7. The molecule has 0 aliphatic rings. The number of hydrogen-bond donors (Lipinski definition) is 0. The van der Waals surface area contributed by atoms with Crippen LogP contribution in [0.25, 0.3) is 129 Å². The van der Waals surface area contributed by atoms with Gasteiger partial charge in [0.1, 0.15) is 0 Å². The standard InChI is InChI=1S/C64H40Se/c1-3-17-41(18-4-1)43-21-15-23-45(37-43)61-50-25-7-11-29-54(50)63(55-30-12-8-26-51(55)61)47-34-36-59-58(39-47)49-35-33-48(40-60(49)65-59)64-56-31-13-9-27-52(56)62(53-28-10-14-32-57(53)64)46-24-16-22-44(38-46)42-19-5-2-6-20-42/h1-40H. The Hall–Kier alpha value is -7.80. The molecule has 1 aromatic heterocycles. The second-order valence-corrected chi connectivity index (χ2v) is 19.4. The summed E-state index contributed by atoms with van der Waals surface area (Å²) in [7, 11) is 0. The first kappa shape index (κ1) is 37.7. The van der Waals surface area contributed by atoms with Gasteiger partial charge in [-0.3, -0.25) is 0 Å². The summed E-state index contributed by atoms with van der Waals surface area (Å²) in [6.07, 6.45) is 0. The smallest absolute Gasteiger partial charge is 0.0617 e. The fourth-order valence-corrected chi connectivity index (χ4v) is 12.9. The van der Waals surface area contributed by atoms with Gasteiger partial charge in [-0.1, -0.05) is 48.5 Å². The van der Waals surface area contributed by atoms with Crippen molar-refractivity contribution in [1.82, 2.24) is 0 Å². The number of hydrogen-bond acceptors (Lipinski definition) is 0. The molecule has 0 bridgehead atoms. The molecule has 1 heteroatoms. The minimum absolute atomic E-state index is 0.181. The Bertz CT molecular complexity index is 3870. The SMILES string of the molecule is c1ccc(-c2cccc(-c3c4ccccc4c(-c4ccc5c(c4)[se]c4ccc(-c6c7ccccc7c(-c7cccc(-c8ccccc8)c7)c7ccccc67)cc45)c4ccccc34)c2)cc1. The van der Waals surface area contributed by atoms with E-state index < -0.39 is 0 Å². The van der Waals surface area contributed by atoms with Crippen LogP contribution >= 0.6 is 0 Å². The average Bonchev–Trinajstić information content (AvgIpc) is 3.75. The maximum atomic E-state index is 2.50.